The van der Waals surface area contributed by atoms with Gasteiger partial charge >= 0.3 is 0 Å². The first kappa shape index (κ1) is 22.5. The maximum absolute atomic E-state index is 10.6. The lowest BCUT2D eigenvalue weighted by molar-refractivity contribution is -0.134. The number of aliphatic carboxylic acids is 1. The fourth-order valence-corrected chi connectivity index (χ4v) is 6.30. The molecule has 176 valence electrons. The molecular weight excluding hydrogens is 432 g/mol. The number of phenolic OH excluding ortho intramolecular Hbond substituents is 1. The summed E-state index contributed by atoms with van der Waals surface area (Å²) < 4.78 is 12.9. The Balaban J connectivity index is 0.000000560. The Morgan fingerprint density at radius 2 is 2.06 bits per heavy atom. The normalized spacial score (nSPS) is 29.8. The van der Waals surface area contributed by atoms with E-state index >= 15 is 0 Å². The molecule has 7 heteroatoms. The highest BCUT2D eigenvalue weighted by molar-refractivity contribution is 5.63. The van der Waals surface area contributed by atoms with Gasteiger partial charge < -0.3 is 24.6 Å². The summed E-state index contributed by atoms with van der Waals surface area (Å²) in [5.41, 5.74) is 3.87. The largest absolute Gasteiger partial charge is 0.504 e. The van der Waals surface area contributed by atoms with Gasteiger partial charge in [-0.2, -0.15) is 5.26 Å². The number of carboxylic acids is 1. The molecule has 2 bridgehead atoms. The van der Waals surface area contributed by atoms with Crippen molar-refractivity contribution in [2.24, 2.45) is 5.92 Å². The standard InChI is InChI=1S/C25H24N2O3.C2H4O2/c1-27-11-10-25-18-7-9-21(29-14-17-5-3-2-4-16(17)13-26)24(25)30-23-20(28)8-6-15(22(23)25)12-19(18)27;1-2(3)4/h2-9,18-19,21,24,28H,10-12,14H2,1H3;1H3,(H,3,4)/t18-,19+,21-,24-,25-;/m0./s1. The zero-order valence-corrected chi connectivity index (χ0v) is 19.3. The molecule has 0 radical (unpaired) electrons. The average Bonchev–Trinajstić information content (AvgIpc) is 3.17. The maximum Gasteiger partial charge on any atom is 0.300 e. The van der Waals surface area contributed by atoms with Crippen LogP contribution in [0.5, 0.6) is 11.5 Å². The van der Waals surface area contributed by atoms with E-state index in [1.54, 1.807) is 6.07 Å². The minimum Gasteiger partial charge on any atom is -0.504 e. The molecule has 2 aromatic carbocycles. The number of nitrogens with zero attached hydrogens (tertiary/aromatic N) is 2. The number of ether oxygens (including phenoxy) is 2. The van der Waals surface area contributed by atoms with Gasteiger partial charge in [-0.3, -0.25) is 4.79 Å². The molecule has 2 aliphatic heterocycles. The highest BCUT2D eigenvalue weighted by Gasteiger charge is 2.64. The molecule has 7 nitrogen and oxygen atoms in total. The molecule has 2 aromatic rings. The first-order valence-corrected chi connectivity index (χ1v) is 11.6. The minimum atomic E-state index is -0.833. The van der Waals surface area contributed by atoms with Crippen molar-refractivity contribution in [3.05, 3.63) is 70.8 Å². The number of likely N-dealkylation sites (N-methyl/N-ethyl adjacent to an activating group) is 1. The van der Waals surface area contributed by atoms with Gasteiger partial charge in [-0.15, -0.1) is 0 Å². The third kappa shape index (κ3) is 3.37. The van der Waals surface area contributed by atoms with Crippen molar-refractivity contribution in [2.45, 2.75) is 50.0 Å². The van der Waals surface area contributed by atoms with Crippen LogP contribution in [0.1, 0.15) is 35.6 Å². The van der Waals surface area contributed by atoms with E-state index in [4.69, 9.17) is 19.4 Å². The van der Waals surface area contributed by atoms with Crippen molar-refractivity contribution >= 4 is 5.97 Å². The van der Waals surface area contributed by atoms with E-state index in [2.05, 4.69) is 36.2 Å². The first-order chi connectivity index (χ1) is 16.4. The molecule has 2 aliphatic carbocycles. The molecule has 2 N–H and O–H groups in total. The molecule has 0 unspecified atom stereocenters. The third-order valence-corrected chi connectivity index (χ3v) is 7.70. The van der Waals surface area contributed by atoms with Gasteiger partial charge in [-0.05, 0) is 49.7 Å². The lowest BCUT2D eigenvalue weighted by atomic mass is 9.53. The quantitative estimate of drug-likeness (QED) is 0.677. The Labute approximate surface area is 198 Å². The van der Waals surface area contributed by atoms with Gasteiger partial charge in [-0.25, -0.2) is 0 Å². The molecule has 5 atom stereocenters. The summed E-state index contributed by atoms with van der Waals surface area (Å²) in [6, 6.07) is 14.1. The first-order valence-electron chi connectivity index (χ1n) is 11.6. The third-order valence-electron chi connectivity index (χ3n) is 7.70. The Morgan fingerprint density at radius 1 is 1.29 bits per heavy atom. The van der Waals surface area contributed by atoms with Crippen molar-refractivity contribution in [2.75, 3.05) is 13.6 Å². The maximum atomic E-state index is 10.6. The van der Waals surface area contributed by atoms with Crippen molar-refractivity contribution in [1.82, 2.24) is 4.90 Å². The Morgan fingerprint density at radius 3 is 2.82 bits per heavy atom. The van der Waals surface area contributed by atoms with Crippen LogP contribution >= 0.6 is 0 Å². The lowest BCUT2D eigenvalue weighted by Gasteiger charge is -2.56. The monoisotopic (exact) mass is 460 g/mol. The van der Waals surface area contributed by atoms with Gasteiger partial charge in [0, 0.05) is 29.9 Å². The predicted molar refractivity (Wildman–Crippen MR) is 125 cm³/mol. The van der Waals surface area contributed by atoms with Crippen LogP contribution in [0.4, 0.5) is 0 Å². The van der Waals surface area contributed by atoms with Crippen LogP contribution in [0, 0.1) is 17.2 Å². The molecule has 6 rings (SSSR count). The summed E-state index contributed by atoms with van der Waals surface area (Å²) in [5, 5.41) is 27.4. The van der Waals surface area contributed by atoms with E-state index in [0.717, 1.165) is 31.9 Å². The zero-order chi connectivity index (χ0) is 24.0. The molecule has 0 amide bonds. The highest BCUT2D eigenvalue weighted by atomic mass is 16.5. The van der Waals surface area contributed by atoms with Gasteiger partial charge in [0.1, 0.15) is 12.2 Å². The van der Waals surface area contributed by atoms with E-state index in [-0.39, 0.29) is 23.4 Å². The number of phenols is 1. The summed E-state index contributed by atoms with van der Waals surface area (Å²) >= 11 is 0. The second-order valence-electron chi connectivity index (χ2n) is 9.50. The highest BCUT2D eigenvalue weighted by Crippen LogP contribution is 2.62. The zero-order valence-electron chi connectivity index (χ0n) is 19.3. The number of nitriles is 1. The predicted octanol–water partition coefficient (Wildman–Crippen LogP) is 3.39. The van der Waals surface area contributed by atoms with Gasteiger partial charge in [0.05, 0.1) is 18.2 Å². The van der Waals surface area contributed by atoms with E-state index in [1.807, 2.05) is 24.3 Å². The number of likely N-dealkylation sites (tertiary alicyclic amines) is 1. The van der Waals surface area contributed by atoms with Crippen molar-refractivity contribution < 1.29 is 24.5 Å². The van der Waals surface area contributed by atoms with Crippen molar-refractivity contribution in [1.29, 1.82) is 5.26 Å². The topological polar surface area (TPSA) is 103 Å². The molecule has 34 heavy (non-hydrogen) atoms. The van der Waals surface area contributed by atoms with Crippen LogP contribution < -0.4 is 4.74 Å². The fraction of sp³-hybridized carbons (Fsp3) is 0.407. The lowest BCUT2D eigenvalue weighted by Crippen LogP contribution is -2.65. The van der Waals surface area contributed by atoms with Crippen LogP contribution in [-0.2, 0) is 28.0 Å². The number of benzene rings is 2. The Bertz CT molecular complexity index is 1200. The number of piperidine rings is 1. The van der Waals surface area contributed by atoms with Crippen LogP contribution in [0.3, 0.4) is 0 Å². The van der Waals surface area contributed by atoms with Crippen LogP contribution in [0.2, 0.25) is 0 Å². The average molecular weight is 461 g/mol. The second kappa shape index (κ2) is 8.46. The number of hydrogen-bond acceptors (Lipinski definition) is 6. The van der Waals surface area contributed by atoms with Gasteiger partial charge in [0.25, 0.3) is 5.97 Å². The molecular formula is C27H28N2O5. The van der Waals surface area contributed by atoms with Crippen LogP contribution in [0.25, 0.3) is 0 Å². The summed E-state index contributed by atoms with van der Waals surface area (Å²) in [6.45, 7) is 2.45. The fourth-order valence-electron chi connectivity index (χ4n) is 6.30. The number of hydrogen-bond donors (Lipinski definition) is 2. The van der Waals surface area contributed by atoms with Gasteiger partial charge in [0.15, 0.2) is 11.5 Å². The van der Waals surface area contributed by atoms with Gasteiger partial charge in [-0.1, -0.05) is 36.4 Å². The minimum absolute atomic E-state index is 0.160. The number of aromatic hydroxyl groups is 1. The Kier molecular flexibility index (Phi) is 5.59. The van der Waals surface area contributed by atoms with Crippen molar-refractivity contribution in [3.63, 3.8) is 0 Å². The summed E-state index contributed by atoms with van der Waals surface area (Å²) in [7, 11) is 2.21. The SMILES string of the molecule is CC(=O)O.CN1CC[C@]23c4c5ccc(O)c4O[C@H]2[C@@H](OCc2ccccc2C#N)C=C[C@H]3[C@H]1C5. The summed E-state index contributed by atoms with van der Waals surface area (Å²) in [4.78, 5) is 11.5. The van der Waals surface area contributed by atoms with Gasteiger partial charge in [0.2, 0.25) is 0 Å². The van der Waals surface area contributed by atoms with Crippen LogP contribution in [-0.4, -0.2) is 52.9 Å². The number of rotatable bonds is 3. The molecule has 4 aliphatic rings. The number of carboxylic acid groups (broad SMARTS) is 1. The van der Waals surface area contributed by atoms with E-state index in [0.29, 0.717) is 29.9 Å². The Hall–Kier alpha value is -3.34. The smallest absolute Gasteiger partial charge is 0.300 e. The molecule has 1 saturated heterocycles. The van der Waals surface area contributed by atoms with E-state index in [9.17, 15) is 10.4 Å². The molecule has 1 fully saturated rings. The summed E-state index contributed by atoms with van der Waals surface area (Å²) in [6.07, 6.45) is 6.03. The molecule has 2 heterocycles. The molecule has 0 aromatic heterocycles. The molecule has 0 saturated carbocycles. The molecule has 1 spiro atoms. The summed E-state index contributed by atoms with van der Waals surface area (Å²) in [5.74, 6) is 0.394. The number of carbonyl (C=O) groups is 1. The second-order valence-corrected chi connectivity index (χ2v) is 9.50. The van der Waals surface area contributed by atoms with Crippen molar-refractivity contribution in [3.8, 4) is 17.6 Å². The van der Waals surface area contributed by atoms with Crippen LogP contribution in [0.15, 0.2) is 48.6 Å². The van der Waals surface area contributed by atoms with E-state index in [1.165, 1.54) is 11.1 Å². The van der Waals surface area contributed by atoms with E-state index < -0.39 is 5.97 Å².